The van der Waals surface area contributed by atoms with Crippen molar-refractivity contribution in [2.24, 2.45) is 0 Å². The van der Waals surface area contributed by atoms with Crippen LogP contribution >= 0.6 is 11.6 Å². The molecule has 0 aliphatic carbocycles. The summed E-state index contributed by atoms with van der Waals surface area (Å²) < 4.78 is 10.3. The second-order valence-electron chi connectivity index (χ2n) is 3.34. The number of halogens is 1. The summed E-state index contributed by atoms with van der Waals surface area (Å²) in [6, 6.07) is 8.10. The number of nitrogens with one attached hydrogen (secondary N) is 1. The van der Waals surface area contributed by atoms with Gasteiger partial charge in [-0.3, -0.25) is 0 Å². The van der Waals surface area contributed by atoms with Gasteiger partial charge in [0.25, 0.3) is 0 Å². The first-order valence-electron chi connectivity index (χ1n) is 5.07. The summed E-state index contributed by atoms with van der Waals surface area (Å²) in [5.74, 6) is 1.43. The van der Waals surface area contributed by atoms with Crippen molar-refractivity contribution in [3.05, 3.63) is 35.7 Å². The Bertz CT molecular complexity index is 487. The van der Waals surface area contributed by atoms with Gasteiger partial charge in [0.1, 0.15) is 11.6 Å². The van der Waals surface area contributed by atoms with Crippen LogP contribution in [0, 0.1) is 0 Å². The third-order valence-electron chi connectivity index (χ3n) is 2.16. The zero-order valence-corrected chi connectivity index (χ0v) is 10.1. The zero-order chi connectivity index (χ0) is 12.1. The molecule has 0 amide bonds. The highest BCUT2D eigenvalue weighted by molar-refractivity contribution is 6.16. The quantitative estimate of drug-likeness (QED) is 0.830. The average Bonchev–Trinajstić information content (AvgIpc) is 2.84. The monoisotopic (exact) mass is 253 g/mol. The Morgan fingerprint density at radius 1 is 1.41 bits per heavy atom. The van der Waals surface area contributed by atoms with Crippen molar-refractivity contribution in [2.75, 3.05) is 12.4 Å². The summed E-state index contributed by atoms with van der Waals surface area (Å²) in [5.41, 5.74) is 1.06. The molecule has 17 heavy (non-hydrogen) atoms. The van der Waals surface area contributed by atoms with Gasteiger partial charge in [0.2, 0.25) is 5.89 Å². The summed E-state index contributed by atoms with van der Waals surface area (Å²) in [7, 11) is 1.64. The molecule has 1 N–H and O–H groups in total. The molecule has 6 heteroatoms. The first-order valence-corrected chi connectivity index (χ1v) is 5.60. The number of hydrogen-bond donors (Lipinski definition) is 1. The Labute approximate surface area is 104 Å². The molecule has 0 radical (unpaired) electrons. The third kappa shape index (κ3) is 3.10. The van der Waals surface area contributed by atoms with Crippen molar-refractivity contribution in [3.8, 4) is 5.75 Å². The molecular weight excluding hydrogens is 242 g/mol. The molecule has 2 aromatic rings. The highest BCUT2D eigenvalue weighted by atomic mass is 35.5. The maximum Gasteiger partial charge on any atom is 0.315 e. The van der Waals surface area contributed by atoms with Crippen molar-refractivity contribution < 1.29 is 9.15 Å². The van der Waals surface area contributed by atoms with Crippen molar-refractivity contribution >= 4 is 17.6 Å². The topological polar surface area (TPSA) is 60.2 Å². The molecule has 5 nitrogen and oxygen atoms in total. The van der Waals surface area contributed by atoms with E-state index in [0.717, 1.165) is 11.3 Å². The Morgan fingerprint density at radius 2 is 2.29 bits per heavy atom. The number of methoxy groups -OCH3 is 1. The molecule has 0 saturated carbocycles. The van der Waals surface area contributed by atoms with Gasteiger partial charge in [-0.2, -0.15) is 0 Å². The van der Waals surface area contributed by atoms with Gasteiger partial charge in [0.15, 0.2) is 0 Å². The zero-order valence-electron chi connectivity index (χ0n) is 9.31. The van der Waals surface area contributed by atoms with Crippen LogP contribution in [0.3, 0.4) is 0 Å². The smallest absolute Gasteiger partial charge is 0.315 e. The van der Waals surface area contributed by atoms with Crippen LogP contribution in [0.4, 0.5) is 6.01 Å². The molecule has 90 valence electrons. The maximum atomic E-state index is 5.56. The van der Waals surface area contributed by atoms with Gasteiger partial charge in [-0.25, -0.2) is 0 Å². The molecule has 2 rings (SSSR count). The van der Waals surface area contributed by atoms with Crippen LogP contribution in [-0.2, 0) is 12.4 Å². The van der Waals surface area contributed by atoms with Crippen LogP contribution < -0.4 is 10.1 Å². The van der Waals surface area contributed by atoms with Gasteiger partial charge in [-0.1, -0.05) is 17.2 Å². The van der Waals surface area contributed by atoms with E-state index in [1.807, 2.05) is 24.3 Å². The number of benzene rings is 1. The van der Waals surface area contributed by atoms with Crippen molar-refractivity contribution in [1.82, 2.24) is 10.2 Å². The van der Waals surface area contributed by atoms with Gasteiger partial charge >= 0.3 is 6.01 Å². The second-order valence-corrected chi connectivity index (χ2v) is 3.61. The first kappa shape index (κ1) is 11.7. The Morgan fingerprint density at radius 3 is 3.00 bits per heavy atom. The molecule has 0 fully saturated rings. The van der Waals surface area contributed by atoms with E-state index in [0.29, 0.717) is 18.5 Å². The normalized spacial score (nSPS) is 10.2. The van der Waals surface area contributed by atoms with E-state index in [1.54, 1.807) is 7.11 Å². The number of hydrogen-bond acceptors (Lipinski definition) is 5. The Balaban J connectivity index is 1.96. The number of rotatable bonds is 5. The maximum absolute atomic E-state index is 5.56. The van der Waals surface area contributed by atoms with Crippen molar-refractivity contribution in [3.63, 3.8) is 0 Å². The summed E-state index contributed by atoms with van der Waals surface area (Å²) in [4.78, 5) is 0. The molecule has 0 aliphatic rings. The van der Waals surface area contributed by atoms with Crippen LogP contribution in [-0.4, -0.2) is 17.3 Å². The van der Waals surface area contributed by atoms with Crippen molar-refractivity contribution in [1.29, 1.82) is 0 Å². The van der Waals surface area contributed by atoms with Gasteiger partial charge in [0.05, 0.1) is 7.11 Å². The van der Waals surface area contributed by atoms with E-state index in [4.69, 9.17) is 20.8 Å². The molecule has 0 spiro atoms. The molecule has 0 aliphatic heterocycles. The minimum atomic E-state index is 0.216. The number of anilines is 1. The van der Waals surface area contributed by atoms with Crippen LogP contribution in [0.1, 0.15) is 11.5 Å². The van der Waals surface area contributed by atoms with Crippen molar-refractivity contribution in [2.45, 2.75) is 12.4 Å². The van der Waals surface area contributed by atoms with Gasteiger partial charge in [0, 0.05) is 6.54 Å². The van der Waals surface area contributed by atoms with E-state index in [9.17, 15) is 0 Å². The lowest BCUT2D eigenvalue weighted by molar-refractivity contribution is 0.414. The van der Waals surface area contributed by atoms with Crippen LogP contribution in [0.25, 0.3) is 0 Å². The average molecular weight is 254 g/mol. The number of aromatic nitrogens is 2. The lowest BCUT2D eigenvalue weighted by atomic mass is 10.2. The minimum Gasteiger partial charge on any atom is -0.497 e. The molecule has 0 bridgehead atoms. The lowest BCUT2D eigenvalue weighted by Crippen LogP contribution is -1.99. The fourth-order valence-corrected chi connectivity index (χ4v) is 1.45. The van der Waals surface area contributed by atoms with E-state index in [1.165, 1.54) is 0 Å². The molecule has 1 heterocycles. The van der Waals surface area contributed by atoms with Gasteiger partial charge < -0.3 is 14.5 Å². The Kier molecular flexibility index (Phi) is 3.82. The largest absolute Gasteiger partial charge is 0.497 e. The molecule has 0 saturated heterocycles. The second kappa shape index (κ2) is 5.54. The van der Waals surface area contributed by atoms with Gasteiger partial charge in [-0.05, 0) is 17.7 Å². The van der Waals surface area contributed by atoms with E-state index >= 15 is 0 Å². The minimum absolute atomic E-state index is 0.216. The van der Waals surface area contributed by atoms with Crippen LogP contribution in [0.15, 0.2) is 28.7 Å². The van der Waals surface area contributed by atoms with E-state index < -0.39 is 0 Å². The standard InChI is InChI=1S/C11H12ClN3O2/c1-16-9-4-2-3-8(5-9)7-13-11-15-14-10(6-12)17-11/h2-5H,6-7H2,1H3,(H,13,15). The van der Waals surface area contributed by atoms with Crippen LogP contribution in [0.5, 0.6) is 5.75 Å². The fraction of sp³-hybridized carbons (Fsp3) is 0.273. The summed E-state index contributed by atoms with van der Waals surface area (Å²) in [6.07, 6.45) is 0. The predicted octanol–water partition coefficient (Wildman–Crippen LogP) is 2.43. The molecular formula is C11H12ClN3O2. The summed E-state index contributed by atoms with van der Waals surface area (Å²) in [5, 5.41) is 10.6. The number of nitrogens with zero attached hydrogens (tertiary/aromatic N) is 2. The molecule has 0 unspecified atom stereocenters. The fourth-order valence-electron chi connectivity index (χ4n) is 1.34. The lowest BCUT2D eigenvalue weighted by Gasteiger charge is -2.04. The highest BCUT2D eigenvalue weighted by Gasteiger charge is 2.04. The molecule has 1 aromatic carbocycles. The SMILES string of the molecule is COc1cccc(CNc2nnc(CCl)o2)c1. The van der Waals surface area contributed by atoms with E-state index in [2.05, 4.69) is 15.5 Å². The van der Waals surface area contributed by atoms with Crippen LogP contribution in [0.2, 0.25) is 0 Å². The summed E-state index contributed by atoms with van der Waals surface area (Å²) >= 11 is 5.56. The summed E-state index contributed by atoms with van der Waals surface area (Å²) in [6.45, 7) is 0.584. The first-order chi connectivity index (χ1) is 8.31. The highest BCUT2D eigenvalue weighted by Crippen LogP contribution is 2.14. The molecule has 0 atom stereocenters. The van der Waals surface area contributed by atoms with E-state index in [-0.39, 0.29) is 5.88 Å². The third-order valence-corrected chi connectivity index (χ3v) is 2.39. The number of ether oxygens (including phenoxy) is 1. The molecule has 1 aromatic heterocycles. The predicted molar refractivity (Wildman–Crippen MR) is 64.2 cm³/mol. The van der Waals surface area contributed by atoms with Gasteiger partial charge in [-0.15, -0.1) is 16.7 Å². The Hall–Kier alpha value is -1.75. The number of alkyl halides is 1.